The van der Waals surface area contributed by atoms with Gasteiger partial charge in [0.05, 0.1) is 18.7 Å². The average Bonchev–Trinajstić information content (AvgIpc) is 2.42. The number of aromatic nitrogens is 2. The zero-order chi connectivity index (χ0) is 13.8. The van der Waals surface area contributed by atoms with Gasteiger partial charge in [-0.2, -0.15) is 5.10 Å². The number of carbonyl (C=O) groups is 1. The number of nitrogens with zero attached hydrogens (tertiary/aromatic N) is 2. The summed E-state index contributed by atoms with van der Waals surface area (Å²) in [5, 5.41) is 6.33. The maximum atomic E-state index is 11.6. The van der Waals surface area contributed by atoms with Crippen LogP contribution in [0.1, 0.15) is 19.5 Å². The van der Waals surface area contributed by atoms with Gasteiger partial charge in [-0.25, -0.2) is 0 Å². The third-order valence-electron chi connectivity index (χ3n) is 2.86. The van der Waals surface area contributed by atoms with Crippen LogP contribution in [0.2, 0.25) is 0 Å². The molecule has 0 radical (unpaired) electrons. The molecule has 4 nitrogen and oxygen atoms in total. The van der Waals surface area contributed by atoms with Crippen LogP contribution in [0.25, 0.3) is 10.8 Å². The third-order valence-corrected chi connectivity index (χ3v) is 3.29. The first-order valence-corrected chi connectivity index (χ1v) is 6.72. The van der Waals surface area contributed by atoms with E-state index in [4.69, 9.17) is 17.0 Å². The van der Waals surface area contributed by atoms with Crippen molar-refractivity contribution in [1.29, 1.82) is 0 Å². The van der Waals surface area contributed by atoms with Gasteiger partial charge in [-0.05, 0) is 13.8 Å². The number of esters is 1. The molecule has 1 aromatic heterocycles. The molecular weight excluding hydrogens is 260 g/mol. The number of hydrogen-bond donors (Lipinski definition) is 0. The van der Waals surface area contributed by atoms with E-state index in [1.165, 1.54) is 0 Å². The second-order valence-electron chi connectivity index (χ2n) is 4.09. The van der Waals surface area contributed by atoms with E-state index in [1.54, 1.807) is 11.6 Å². The number of rotatable bonds is 4. The zero-order valence-corrected chi connectivity index (χ0v) is 11.9. The van der Waals surface area contributed by atoms with Crippen molar-refractivity contribution >= 4 is 29.0 Å². The van der Waals surface area contributed by atoms with E-state index in [2.05, 4.69) is 5.10 Å². The highest BCUT2D eigenvalue weighted by atomic mass is 32.1. The zero-order valence-electron chi connectivity index (χ0n) is 11.0. The number of ether oxygens (including phenoxy) is 1. The van der Waals surface area contributed by atoms with Crippen molar-refractivity contribution in [2.24, 2.45) is 0 Å². The molecule has 0 fully saturated rings. The summed E-state index contributed by atoms with van der Waals surface area (Å²) < 4.78 is 7.43. The molecule has 0 N–H and O–H groups in total. The Hall–Kier alpha value is -1.75. The van der Waals surface area contributed by atoms with E-state index in [1.807, 2.05) is 31.2 Å². The molecule has 0 saturated heterocycles. The predicted octanol–water partition coefficient (Wildman–Crippen LogP) is 2.89. The molecule has 1 heterocycles. The molecule has 0 bridgehead atoms. The van der Waals surface area contributed by atoms with Crippen LogP contribution in [-0.2, 0) is 22.5 Å². The van der Waals surface area contributed by atoms with Gasteiger partial charge in [-0.3, -0.25) is 9.48 Å². The fourth-order valence-corrected chi connectivity index (χ4v) is 2.35. The van der Waals surface area contributed by atoms with Crippen LogP contribution in [0.4, 0.5) is 0 Å². The summed E-state index contributed by atoms with van der Waals surface area (Å²) in [6, 6.07) is 7.75. The maximum absolute atomic E-state index is 11.6. The topological polar surface area (TPSA) is 44.1 Å². The van der Waals surface area contributed by atoms with Gasteiger partial charge in [0, 0.05) is 17.3 Å². The van der Waals surface area contributed by atoms with Crippen LogP contribution in [0.5, 0.6) is 0 Å². The molecule has 100 valence electrons. The molecule has 0 aliphatic carbocycles. The lowest BCUT2D eigenvalue weighted by Crippen LogP contribution is -2.13. The fourth-order valence-electron chi connectivity index (χ4n) is 2.00. The summed E-state index contributed by atoms with van der Waals surface area (Å²) in [4.78, 5) is 11.6. The lowest BCUT2D eigenvalue weighted by atomic mass is 10.1. The van der Waals surface area contributed by atoms with Gasteiger partial charge >= 0.3 is 5.97 Å². The molecule has 0 aliphatic rings. The highest BCUT2D eigenvalue weighted by Crippen LogP contribution is 2.19. The van der Waals surface area contributed by atoms with Gasteiger partial charge in [0.25, 0.3) is 0 Å². The van der Waals surface area contributed by atoms with Crippen molar-refractivity contribution in [3.63, 3.8) is 0 Å². The molecule has 1 aromatic carbocycles. The number of carbonyl (C=O) groups excluding carboxylic acids is 1. The van der Waals surface area contributed by atoms with Crippen molar-refractivity contribution in [2.75, 3.05) is 6.61 Å². The predicted molar refractivity (Wildman–Crippen MR) is 76.6 cm³/mol. The van der Waals surface area contributed by atoms with E-state index in [0.717, 1.165) is 10.8 Å². The summed E-state index contributed by atoms with van der Waals surface area (Å²) in [5.74, 6) is -0.264. The quantitative estimate of drug-likeness (QED) is 0.636. The highest BCUT2D eigenvalue weighted by Gasteiger charge is 2.12. The van der Waals surface area contributed by atoms with Crippen molar-refractivity contribution in [1.82, 2.24) is 9.78 Å². The Kier molecular flexibility index (Phi) is 4.27. The third kappa shape index (κ3) is 2.81. The molecule has 2 rings (SSSR count). The van der Waals surface area contributed by atoms with Crippen molar-refractivity contribution in [3.05, 3.63) is 34.6 Å². The Bertz CT molecular complexity index is 664. The van der Waals surface area contributed by atoms with Gasteiger partial charge in [0.2, 0.25) is 0 Å². The van der Waals surface area contributed by atoms with Crippen LogP contribution in [0.15, 0.2) is 24.3 Å². The molecule has 19 heavy (non-hydrogen) atoms. The van der Waals surface area contributed by atoms with Gasteiger partial charge in [0.15, 0.2) is 0 Å². The summed E-state index contributed by atoms with van der Waals surface area (Å²) in [5.41, 5.74) is 0.713. The van der Waals surface area contributed by atoms with Crippen LogP contribution >= 0.6 is 12.2 Å². The van der Waals surface area contributed by atoms with E-state index < -0.39 is 0 Å². The molecule has 0 amide bonds. The number of fused-ring (bicyclic) bond motifs is 1. The second kappa shape index (κ2) is 5.93. The summed E-state index contributed by atoms with van der Waals surface area (Å²) >= 11 is 5.40. The van der Waals surface area contributed by atoms with E-state index in [0.29, 0.717) is 23.5 Å². The van der Waals surface area contributed by atoms with Gasteiger partial charge < -0.3 is 4.74 Å². The number of aryl methyl sites for hydroxylation is 1. The summed E-state index contributed by atoms with van der Waals surface area (Å²) in [6.07, 6.45) is 0.171. The number of benzene rings is 1. The summed E-state index contributed by atoms with van der Waals surface area (Å²) in [7, 11) is 0. The maximum Gasteiger partial charge on any atom is 0.311 e. The Morgan fingerprint density at radius 2 is 2.00 bits per heavy atom. The monoisotopic (exact) mass is 276 g/mol. The lowest BCUT2D eigenvalue weighted by molar-refractivity contribution is -0.142. The van der Waals surface area contributed by atoms with Crippen LogP contribution in [-0.4, -0.2) is 22.4 Å². The molecule has 2 aromatic rings. The van der Waals surface area contributed by atoms with Crippen LogP contribution in [0, 0.1) is 4.64 Å². The first-order valence-electron chi connectivity index (χ1n) is 6.31. The van der Waals surface area contributed by atoms with E-state index >= 15 is 0 Å². The van der Waals surface area contributed by atoms with Gasteiger partial charge in [-0.15, -0.1) is 0 Å². The lowest BCUT2D eigenvalue weighted by Gasteiger charge is -2.10. The minimum absolute atomic E-state index is 0.171. The Morgan fingerprint density at radius 1 is 1.32 bits per heavy atom. The van der Waals surface area contributed by atoms with E-state index in [9.17, 15) is 4.79 Å². The minimum Gasteiger partial charge on any atom is -0.466 e. The van der Waals surface area contributed by atoms with Gasteiger partial charge in [0.1, 0.15) is 4.64 Å². The normalized spacial score (nSPS) is 10.6. The second-order valence-corrected chi connectivity index (χ2v) is 4.48. The highest BCUT2D eigenvalue weighted by molar-refractivity contribution is 7.71. The minimum atomic E-state index is -0.264. The van der Waals surface area contributed by atoms with Crippen LogP contribution in [0.3, 0.4) is 0 Å². The molecule has 0 saturated carbocycles. The average molecular weight is 276 g/mol. The first-order chi connectivity index (χ1) is 9.17. The Labute approximate surface area is 117 Å². The molecule has 0 unspecified atom stereocenters. The molecular formula is C14H16N2O2S. The smallest absolute Gasteiger partial charge is 0.311 e. The number of hydrogen-bond acceptors (Lipinski definition) is 4. The molecule has 0 atom stereocenters. The molecule has 5 heteroatoms. The Balaban J connectivity index is 2.56. The largest absolute Gasteiger partial charge is 0.466 e. The van der Waals surface area contributed by atoms with Gasteiger partial charge in [-0.1, -0.05) is 36.5 Å². The van der Waals surface area contributed by atoms with Crippen molar-refractivity contribution in [3.8, 4) is 0 Å². The first kappa shape index (κ1) is 13.7. The molecule has 0 spiro atoms. The summed E-state index contributed by atoms with van der Waals surface area (Å²) in [6.45, 7) is 4.83. The standard InChI is InChI=1S/C14H16N2O2S/c1-3-16-14(19)11-8-6-5-7-10(11)12(15-16)9-13(17)18-4-2/h5-8H,3-4,9H2,1-2H3. The van der Waals surface area contributed by atoms with Crippen molar-refractivity contribution in [2.45, 2.75) is 26.8 Å². The van der Waals surface area contributed by atoms with Crippen LogP contribution < -0.4 is 0 Å². The molecule has 0 aliphatic heterocycles. The fraction of sp³-hybridized carbons (Fsp3) is 0.357. The van der Waals surface area contributed by atoms with E-state index in [-0.39, 0.29) is 12.4 Å². The van der Waals surface area contributed by atoms with Crippen molar-refractivity contribution < 1.29 is 9.53 Å². The SMILES string of the molecule is CCOC(=O)Cc1nn(CC)c(=S)c2ccccc12. The Morgan fingerprint density at radius 3 is 2.63 bits per heavy atom.